The molecule has 0 aliphatic heterocycles. The second-order valence-electron chi connectivity index (χ2n) is 5.01. The number of anilines is 1. The van der Waals surface area contributed by atoms with Crippen LogP contribution in [0, 0.1) is 6.92 Å². The van der Waals surface area contributed by atoms with E-state index in [0.29, 0.717) is 17.1 Å². The molecule has 0 radical (unpaired) electrons. The zero-order valence-electron chi connectivity index (χ0n) is 11.3. The number of aryl methyl sites for hydroxylation is 1. The van der Waals surface area contributed by atoms with Crippen molar-refractivity contribution in [3.63, 3.8) is 0 Å². The molecule has 0 bridgehead atoms. The molecule has 1 rings (SSSR count). The predicted octanol–water partition coefficient (Wildman–Crippen LogP) is 0.0594. The van der Waals surface area contributed by atoms with Crippen molar-refractivity contribution < 1.29 is 9.59 Å². The van der Waals surface area contributed by atoms with Crippen molar-refractivity contribution in [1.29, 1.82) is 0 Å². The molecule has 0 aromatic carbocycles. The van der Waals surface area contributed by atoms with E-state index in [1.54, 1.807) is 26.8 Å². The topological polar surface area (TPSA) is 123 Å². The standard InChI is InChI=1S/C12H19N5O2/c1-7-4-8(5-10(15-7)17-14)11(19)16-12(2,3)6-9(13)18/h4-5H,6,14H2,1-3H3,(H2,13,18)(H,15,17)(H,16,19). The number of rotatable bonds is 5. The first-order valence-corrected chi connectivity index (χ1v) is 5.79. The monoisotopic (exact) mass is 265 g/mol. The van der Waals surface area contributed by atoms with Crippen LogP contribution in [0.15, 0.2) is 12.1 Å². The molecule has 0 unspecified atom stereocenters. The SMILES string of the molecule is Cc1cc(C(=O)NC(C)(C)CC(N)=O)cc(NN)n1. The first-order valence-electron chi connectivity index (χ1n) is 5.79. The lowest BCUT2D eigenvalue weighted by molar-refractivity contribution is -0.119. The van der Waals surface area contributed by atoms with Gasteiger partial charge in [0, 0.05) is 23.2 Å². The van der Waals surface area contributed by atoms with Crippen LogP contribution in [-0.4, -0.2) is 22.3 Å². The van der Waals surface area contributed by atoms with Gasteiger partial charge in [0.25, 0.3) is 5.91 Å². The van der Waals surface area contributed by atoms with E-state index in [0.717, 1.165) is 0 Å². The summed E-state index contributed by atoms with van der Waals surface area (Å²) >= 11 is 0. The maximum absolute atomic E-state index is 12.1. The number of nitrogens with zero attached hydrogens (tertiary/aromatic N) is 1. The molecule has 104 valence electrons. The van der Waals surface area contributed by atoms with Crippen molar-refractivity contribution in [2.24, 2.45) is 11.6 Å². The number of nitrogens with two attached hydrogens (primary N) is 2. The van der Waals surface area contributed by atoms with Crippen molar-refractivity contribution in [3.8, 4) is 0 Å². The van der Waals surface area contributed by atoms with Crippen molar-refractivity contribution >= 4 is 17.6 Å². The van der Waals surface area contributed by atoms with Crippen LogP contribution in [-0.2, 0) is 4.79 Å². The molecule has 0 saturated carbocycles. The molecule has 0 aliphatic rings. The van der Waals surface area contributed by atoms with Gasteiger partial charge in [-0.05, 0) is 32.9 Å². The number of carbonyl (C=O) groups excluding carboxylic acids is 2. The fourth-order valence-electron chi connectivity index (χ4n) is 1.73. The Kier molecular flexibility index (Phi) is 4.44. The van der Waals surface area contributed by atoms with Gasteiger partial charge in [-0.1, -0.05) is 0 Å². The Morgan fingerprint density at radius 2 is 2.00 bits per heavy atom. The summed E-state index contributed by atoms with van der Waals surface area (Å²) in [5.41, 5.74) is 7.89. The molecule has 0 saturated heterocycles. The predicted molar refractivity (Wildman–Crippen MR) is 72.1 cm³/mol. The Bertz CT molecular complexity index is 499. The molecular weight excluding hydrogens is 246 g/mol. The highest BCUT2D eigenvalue weighted by molar-refractivity contribution is 5.95. The number of hydrogen-bond acceptors (Lipinski definition) is 5. The van der Waals surface area contributed by atoms with Crippen LogP contribution in [0.2, 0.25) is 0 Å². The van der Waals surface area contributed by atoms with Gasteiger partial charge in [-0.25, -0.2) is 10.8 Å². The summed E-state index contributed by atoms with van der Waals surface area (Å²) in [7, 11) is 0. The smallest absolute Gasteiger partial charge is 0.251 e. The molecule has 6 N–H and O–H groups in total. The molecule has 1 aromatic rings. The first-order chi connectivity index (χ1) is 8.73. The van der Waals surface area contributed by atoms with E-state index in [-0.39, 0.29) is 12.3 Å². The lowest BCUT2D eigenvalue weighted by Gasteiger charge is -2.24. The summed E-state index contributed by atoms with van der Waals surface area (Å²) in [6.45, 7) is 5.21. The van der Waals surface area contributed by atoms with Crippen molar-refractivity contribution in [1.82, 2.24) is 10.3 Å². The van der Waals surface area contributed by atoms with Gasteiger partial charge in [0.05, 0.1) is 0 Å². The molecule has 19 heavy (non-hydrogen) atoms. The number of nitrogens with one attached hydrogen (secondary N) is 2. The fraction of sp³-hybridized carbons (Fsp3) is 0.417. The van der Waals surface area contributed by atoms with Crippen LogP contribution >= 0.6 is 0 Å². The molecule has 1 aromatic heterocycles. The van der Waals surface area contributed by atoms with E-state index in [1.165, 1.54) is 6.07 Å². The highest BCUT2D eigenvalue weighted by atomic mass is 16.2. The maximum atomic E-state index is 12.1. The van der Waals surface area contributed by atoms with Crippen LogP contribution in [0.5, 0.6) is 0 Å². The lowest BCUT2D eigenvalue weighted by Crippen LogP contribution is -2.46. The van der Waals surface area contributed by atoms with Gasteiger partial charge < -0.3 is 16.5 Å². The van der Waals surface area contributed by atoms with Gasteiger partial charge >= 0.3 is 0 Å². The summed E-state index contributed by atoms with van der Waals surface area (Å²) in [5.74, 6) is 4.89. The normalized spacial score (nSPS) is 10.9. The number of aromatic nitrogens is 1. The lowest BCUT2D eigenvalue weighted by atomic mass is 9.99. The van der Waals surface area contributed by atoms with Crippen LogP contribution < -0.4 is 22.3 Å². The molecule has 0 spiro atoms. The molecule has 0 fully saturated rings. The molecule has 0 atom stereocenters. The van der Waals surface area contributed by atoms with E-state index < -0.39 is 11.4 Å². The summed E-state index contributed by atoms with van der Waals surface area (Å²) < 4.78 is 0. The largest absolute Gasteiger partial charge is 0.370 e. The number of amides is 2. The Morgan fingerprint density at radius 3 is 2.53 bits per heavy atom. The summed E-state index contributed by atoms with van der Waals surface area (Å²) in [6.07, 6.45) is 0.0603. The second kappa shape index (κ2) is 5.66. The third-order valence-electron chi connectivity index (χ3n) is 2.43. The Balaban J connectivity index is 2.89. The van der Waals surface area contributed by atoms with Gasteiger partial charge in [-0.2, -0.15) is 0 Å². The molecule has 7 nitrogen and oxygen atoms in total. The number of pyridine rings is 1. The summed E-state index contributed by atoms with van der Waals surface area (Å²) in [4.78, 5) is 27.1. The van der Waals surface area contributed by atoms with Crippen LogP contribution in [0.4, 0.5) is 5.82 Å². The number of hydrazine groups is 1. The minimum Gasteiger partial charge on any atom is -0.370 e. The molecular formula is C12H19N5O2. The number of primary amides is 1. The number of nitrogen functional groups attached to an aromatic ring is 1. The molecule has 2 amide bonds. The second-order valence-corrected chi connectivity index (χ2v) is 5.01. The molecule has 1 heterocycles. The zero-order valence-corrected chi connectivity index (χ0v) is 11.3. The number of hydrogen-bond donors (Lipinski definition) is 4. The molecule has 7 heteroatoms. The van der Waals surface area contributed by atoms with Gasteiger partial charge in [0.15, 0.2) is 0 Å². The summed E-state index contributed by atoms with van der Waals surface area (Å²) in [6, 6.07) is 3.17. The van der Waals surface area contributed by atoms with E-state index in [1.807, 2.05) is 0 Å². The Labute approximate surface area is 111 Å². The van der Waals surface area contributed by atoms with Gasteiger partial charge in [-0.3, -0.25) is 9.59 Å². The van der Waals surface area contributed by atoms with E-state index in [2.05, 4.69) is 15.7 Å². The maximum Gasteiger partial charge on any atom is 0.251 e. The minimum atomic E-state index is -0.712. The van der Waals surface area contributed by atoms with Gasteiger partial charge in [0.1, 0.15) is 5.82 Å². The highest BCUT2D eigenvalue weighted by Gasteiger charge is 2.23. The quantitative estimate of drug-likeness (QED) is 0.443. The third kappa shape index (κ3) is 4.55. The van der Waals surface area contributed by atoms with Crippen LogP contribution in [0.25, 0.3) is 0 Å². The summed E-state index contributed by atoms with van der Waals surface area (Å²) in [5, 5.41) is 2.75. The highest BCUT2D eigenvalue weighted by Crippen LogP contribution is 2.13. The average molecular weight is 265 g/mol. The van der Waals surface area contributed by atoms with Crippen LogP contribution in [0.3, 0.4) is 0 Å². The van der Waals surface area contributed by atoms with Gasteiger partial charge in [0.2, 0.25) is 5.91 Å². The number of carbonyl (C=O) groups is 2. The average Bonchev–Trinajstić information content (AvgIpc) is 2.25. The van der Waals surface area contributed by atoms with Crippen molar-refractivity contribution in [3.05, 3.63) is 23.4 Å². The van der Waals surface area contributed by atoms with Crippen LogP contribution in [0.1, 0.15) is 36.3 Å². The van der Waals surface area contributed by atoms with Gasteiger partial charge in [-0.15, -0.1) is 0 Å². The fourth-order valence-corrected chi connectivity index (χ4v) is 1.73. The Hall–Kier alpha value is -2.15. The van der Waals surface area contributed by atoms with E-state index in [4.69, 9.17) is 11.6 Å². The first kappa shape index (κ1) is 14.9. The van der Waals surface area contributed by atoms with Crippen molar-refractivity contribution in [2.45, 2.75) is 32.7 Å². The minimum absolute atomic E-state index is 0.0603. The third-order valence-corrected chi connectivity index (χ3v) is 2.43. The van der Waals surface area contributed by atoms with Crippen molar-refractivity contribution in [2.75, 3.05) is 5.43 Å². The zero-order chi connectivity index (χ0) is 14.6. The van der Waals surface area contributed by atoms with E-state index in [9.17, 15) is 9.59 Å². The Morgan fingerprint density at radius 1 is 1.37 bits per heavy atom. The van der Waals surface area contributed by atoms with E-state index >= 15 is 0 Å². The molecule has 0 aliphatic carbocycles.